The van der Waals surface area contributed by atoms with Gasteiger partial charge in [0.1, 0.15) is 5.02 Å². The summed E-state index contributed by atoms with van der Waals surface area (Å²) in [7, 11) is 1.56. The number of hydrogen-bond donors (Lipinski definition) is 1. The SMILES string of the molecule is CC(Nc1cnn(C)c(=O)c1Cl)c1ccc(-n2cccn2)cc1. The van der Waals surface area contributed by atoms with Crippen molar-refractivity contribution >= 4 is 17.3 Å². The molecule has 1 N–H and O–H groups in total. The second kappa shape index (κ2) is 6.26. The molecule has 0 aliphatic carbocycles. The molecular formula is C16H16ClN5O. The lowest BCUT2D eigenvalue weighted by atomic mass is 10.1. The van der Waals surface area contributed by atoms with E-state index in [-0.39, 0.29) is 16.6 Å². The molecule has 3 rings (SSSR count). The second-order valence-corrected chi connectivity index (χ2v) is 5.59. The van der Waals surface area contributed by atoms with Crippen LogP contribution in [0, 0.1) is 0 Å². The van der Waals surface area contributed by atoms with Gasteiger partial charge in [0.15, 0.2) is 0 Å². The van der Waals surface area contributed by atoms with Crippen molar-refractivity contribution in [3.8, 4) is 5.69 Å². The average molecular weight is 330 g/mol. The van der Waals surface area contributed by atoms with Gasteiger partial charge in [-0.3, -0.25) is 4.79 Å². The van der Waals surface area contributed by atoms with Gasteiger partial charge in [-0.2, -0.15) is 10.2 Å². The number of benzene rings is 1. The predicted octanol–water partition coefficient (Wildman–Crippen LogP) is 2.79. The number of aryl methyl sites for hydroxylation is 1. The minimum Gasteiger partial charge on any atom is -0.376 e. The van der Waals surface area contributed by atoms with E-state index in [2.05, 4.69) is 15.5 Å². The van der Waals surface area contributed by atoms with Crippen LogP contribution in [0.3, 0.4) is 0 Å². The van der Waals surface area contributed by atoms with Crippen molar-refractivity contribution in [1.82, 2.24) is 19.6 Å². The second-order valence-electron chi connectivity index (χ2n) is 5.21. The highest BCUT2D eigenvalue weighted by molar-refractivity contribution is 6.32. The predicted molar refractivity (Wildman–Crippen MR) is 90.1 cm³/mol. The first-order valence-corrected chi connectivity index (χ1v) is 7.52. The van der Waals surface area contributed by atoms with Crippen molar-refractivity contribution in [2.75, 3.05) is 5.32 Å². The van der Waals surface area contributed by atoms with Gasteiger partial charge in [-0.15, -0.1) is 0 Å². The van der Waals surface area contributed by atoms with Crippen LogP contribution in [0.2, 0.25) is 5.02 Å². The summed E-state index contributed by atoms with van der Waals surface area (Å²) in [6.07, 6.45) is 5.18. The van der Waals surface area contributed by atoms with Gasteiger partial charge in [0.05, 0.1) is 17.6 Å². The number of rotatable bonds is 4. The molecule has 0 aliphatic rings. The highest BCUT2D eigenvalue weighted by Gasteiger charge is 2.11. The highest BCUT2D eigenvalue weighted by atomic mass is 35.5. The van der Waals surface area contributed by atoms with Crippen LogP contribution >= 0.6 is 11.6 Å². The first-order chi connectivity index (χ1) is 11.1. The number of halogens is 1. The Morgan fingerprint density at radius 1 is 1.22 bits per heavy atom. The topological polar surface area (TPSA) is 64.7 Å². The summed E-state index contributed by atoms with van der Waals surface area (Å²) in [4.78, 5) is 11.8. The molecule has 0 bridgehead atoms. The minimum absolute atomic E-state index is 0.0203. The summed E-state index contributed by atoms with van der Waals surface area (Å²) >= 11 is 6.08. The van der Waals surface area contributed by atoms with Crippen LogP contribution < -0.4 is 10.9 Å². The molecule has 1 aromatic carbocycles. The zero-order chi connectivity index (χ0) is 16.4. The third-order valence-electron chi connectivity index (χ3n) is 3.61. The first kappa shape index (κ1) is 15.3. The maximum absolute atomic E-state index is 11.8. The first-order valence-electron chi connectivity index (χ1n) is 7.14. The van der Waals surface area contributed by atoms with E-state index in [1.54, 1.807) is 24.1 Å². The number of nitrogens with one attached hydrogen (secondary N) is 1. The molecule has 2 aromatic heterocycles. The fraction of sp³-hybridized carbons (Fsp3) is 0.188. The molecule has 0 radical (unpaired) electrons. The Labute approximate surface area is 138 Å². The van der Waals surface area contributed by atoms with Crippen molar-refractivity contribution in [2.45, 2.75) is 13.0 Å². The van der Waals surface area contributed by atoms with Crippen LogP contribution in [0.25, 0.3) is 5.69 Å². The molecule has 0 spiro atoms. The van der Waals surface area contributed by atoms with Gasteiger partial charge in [-0.25, -0.2) is 9.36 Å². The van der Waals surface area contributed by atoms with Crippen LogP contribution in [-0.4, -0.2) is 19.6 Å². The monoisotopic (exact) mass is 329 g/mol. The van der Waals surface area contributed by atoms with Crippen LogP contribution in [0.4, 0.5) is 5.69 Å². The molecule has 7 heteroatoms. The van der Waals surface area contributed by atoms with Crippen molar-refractivity contribution in [2.24, 2.45) is 7.05 Å². The van der Waals surface area contributed by atoms with E-state index >= 15 is 0 Å². The normalized spacial score (nSPS) is 12.1. The molecule has 1 unspecified atom stereocenters. The van der Waals surface area contributed by atoms with Gasteiger partial charge in [0, 0.05) is 25.5 Å². The number of anilines is 1. The van der Waals surface area contributed by atoms with E-state index in [1.807, 2.05) is 43.5 Å². The summed E-state index contributed by atoms with van der Waals surface area (Å²) in [6, 6.07) is 9.86. The summed E-state index contributed by atoms with van der Waals surface area (Å²) in [5, 5.41) is 11.5. The average Bonchev–Trinajstić information content (AvgIpc) is 3.10. The van der Waals surface area contributed by atoms with Crippen LogP contribution in [-0.2, 0) is 7.05 Å². The Kier molecular flexibility index (Phi) is 4.16. The molecule has 0 saturated carbocycles. The number of hydrogen-bond acceptors (Lipinski definition) is 4. The van der Waals surface area contributed by atoms with Gasteiger partial charge < -0.3 is 5.32 Å². The molecule has 0 fully saturated rings. The summed E-state index contributed by atoms with van der Waals surface area (Å²) in [5.74, 6) is 0. The molecule has 3 aromatic rings. The van der Waals surface area contributed by atoms with E-state index in [1.165, 1.54) is 4.68 Å². The third kappa shape index (κ3) is 3.12. The Balaban J connectivity index is 1.80. The van der Waals surface area contributed by atoms with Crippen molar-refractivity contribution < 1.29 is 0 Å². The van der Waals surface area contributed by atoms with Crippen LogP contribution in [0.15, 0.2) is 53.7 Å². The van der Waals surface area contributed by atoms with Gasteiger partial charge in [-0.05, 0) is 30.7 Å². The van der Waals surface area contributed by atoms with Crippen LogP contribution in [0.5, 0.6) is 0 Å². The van der Waals surface area contributed by atoms with Gasteiger partial charge in [0.2, 0.25) is 0 Å². The third-order valence-corrected chi connectivity index (χ3v) is 3.98. The molecular weight excluding hydrogens is 314 g/mol. The lowest BCUT2D eigenvalue weighted by molar-refractivity contribution is 0.706. The van der Waals surface area contributed by atoms with Crippen molar-refractivity contribution in [3.05, 3.63) is 69.9 Å². The highest BCUT2D eigenvalue weighted by Crippen LogP contribution is 2.23. The lowest BCUT2D eigenvalue weighted by Crippen LogP contribution is -2.21. The van der Waals surface area contributed by atoms with Crippen LogP contribution in [0.1, 0.15) is 18.5 Å². The van der Waals surface area contributed by atoms with E-state index in [0.717, 1.165) is 11.3 Å². The zero-order valence-electron chi connectivity index (χ0n) is 12.8. The molecule has 6 nitrogen and oxygen atoms in total. The molecule has 0 amide bonds. The maximum Gasteiger partial charge on any atom is 0.287 e. The summed E-state index contributed by atoms with van der Waals surface area (Å²) in [5.41, 5.74) is 2.26. The van der Waals surface area contributed by atoms with E-state index in [4.69, 9.17) is 11.6 Å². The van der Waals surface area contributed by atoms with Crippen molar-refractivity contribution in [3.63, 3.8) is 0 Å². The molecule has 0 aliphatic heterocycles. The van der Waals surface area contributed by atoms with E-state index < -0.39 is 0 Å². The fourth-order valence-corrected chi connectivity index (χ4v) is 2.49. The number of nitrogens with zero attached hydrogens (tertiary/aromatic N) is 4. The minimum atomic E-state index is -0.321. The smallest absolute Gasteiger partial charge is 0.287 e. The molecule has 23 heavy (non-hydrogen) atoms. The largest absolute Gasteiger partial charge is 0.376 e. The van der Waals surface area contributed by atoms with Crippen molar-refractivity contribution in [1.29, 1.82) is 0 Å². The van der Waals surface area contributed by atoms with Gasteiger partial charge in [-0.1, -0.05) is 23.7 Å². The molecule has 1 atom stereocenters. The molecule has 2 heterocycles. The Bertz CT molecular complexity index is 855. The Hall–Kier alpha value is -2.60. The standard InChI is InChI=1S/C16H16ClN5O/c1-11(20-14-10-19-21(2)16(23)15(14)17)12-4-6-13(7-5-12)22-9-3-8-18-22/h3-11,20H,1-2H3. The maximum atomic E-state index is 11.8. The molecule has 0 saturated heterocycles. The fourth-order valence-electron chi connectivity index (χ4n) is 2.27. The zero-order valence-corrected chi connectivity index (χ0v) is 13.5. The van der Waals surface area contributed by atoms with Gasteiger partial charge in [0.25, 0.3) is 5.56 Å². The Morgan fingerprint density at radius 3 is 2.61 bits per heavy atom. The van der Waals surface area contributed by atoms with E-state index in [9.17, 15) is 4.79 Å². The van der Waals surface area contributed by atoms with Gasteiger partial charge >= 0.3 is 0 Å². The molecule has 118 valence electrons. The lowest BCUT2D eigenvalue weighted by Gasteiger charge is -2.17. The quantitative estimate of drug-likeness (QED) is 0.799. The van der Waals surface area contributed by atoms with E-state index in [0.29, 0.717) is 5.69 Å². The summed E-state index contributed by atoms with van der Waals surface area (Å²) in [6.45, 7) is 2.00. The Morgan fingerprint density at radius 2 is 1.96 bits per heavy atom. The summed E-state index contributed by atoms with van der Waals surface area (Å²) < 4.78 is 3.00. The number of aromatic nitrogens is 4.